The molecule has 0 aromatic carbocycles. The summed E-state index contributed by atoms with van der Waals surface area (Å²) in [5.74, 6) is 0.0856. The van der Waals surface area contributed by atoms with E-state index in [0.29, 0.717) is 0 Å². The van der Waals surface area contributed by atoms with Gasteiger partial charge in [0.25, 0.3) is 0 Å². The average molecular weight is 451 g/mol. The second kappa shape index (κ2) is 8.70. The third-order valence-electron chi connectivity index (χ3n) is 3.61. The number of nitrogens with two attached hydrogens (primary N) is 1. The summed E-state index contributed by atoms with van der Waals surface area (Å²) in [5.41, 5.74) is 6.11. The maximum Gasteiger partial charge on any atom is 1.00 e. The molecule has 28 heavy (non-hydrogen) atoms. The quantitative estimate of drug-likeness (QED) is 0.179. The molecular formula is C10H16N5NaO10P2. The van der Waals surface area contributed by atoms with Crippen molar-refractivity contribution in [2.75, 3.05) is 12.3 Å². The van der Waals surface area contributed by atoms with Gasteiger partial charge in [-0.25, -0.2) is 24.1 Å². The van der Waals surface area contributed by atoms with Crippen LogP contribution in [0.3, 0.4) is 0 Å². The zero-order valence-corrected chi connectivity index (χ0v) is 18.0. The minimum Gasteiger partial charge on any atom is -1.00 e. The Hall–Kier alpha value is -0.510. The monoisotopic (exact) mass is 451 g/mol. The summed E-state index contributed by atoms with van der Waals surface area (Å²) in [5, 5.41) is 20.3. The van der Waals surface area contributed by atoms with Gasteiger partial charge in [-0.05, 0) is 0 Å². The molecule has 2 aromatic heterocycles. The van der Waals surface area contributed by atoms with Gasteiger partial charge < -0.3 is 36.8 Å². The molecule has 3 unspecified atom stereocenters. The number of aromatic nitrogens is 4. The van der Waals surface area contributed by atoms with Crippen molar-refractivity contribution >= 4 is 32.6 Å². The number of phosphoric ester groups is 1. The van der Waals surface area contributed by atoms with Gasteiger partial charge in [-0.15, -0.1) is 0 Å². The van der Waals surface area contributed by atoms with E-state index in [0.717, 1.165) is 6.33 Å². The van der Waals surface area contributed by atoms with E-state index in [1.165, 1.54) is 10.9 Å². The maximum atomic E-state index is 11.5. The molecule has 0 aliphatic carbocycles. The van der Waals surface area contributed by atoms with Crippen LogP contribution in [0.4, 0.5) is 5.82 Å². The number of phosphoric acid groups is 2. The number of ether oxygens (including phenoxy) is 1. The van der Waals surface area contributed by atoms with E-state index in [1.807, 2.05) is 0 Å². The van der Waals surface area contributed by atoms with Crippen molar-refractivity contribution in [1.29, 1.82) is 0 Å². The number of aliphatic hydroxyl groups excluding tert-OH is 2. The standard InChI is InChI=1S/C10H15N5O10P2.Na.H/c11-8-5-9(13-2-12-8)15(3-14-5)10-7(17)6(16)4(24-10)1-23-27(21,22)25-26(18,19)20;;/h2-4,6-7,10,16-17H,1H2,(H,21,22)(H2,11,12,13)(H2,18,19,20);;/q;+1;-1/t4-,6?,7?,10-;;/m1../s1. The summed E-state index contributed by atoms with van der Waals surface area (Å²) < 4.78 is 36.8. The number of anilines is 1. The van der Waals surface area contributed by atoms with Crippen LogP contribution in [0.25, 0.3) is 11.2 Å². The molecule has 152 valence electrons. The molecule has 3 heterocycles. The fourth-order valence-corrected chi connectivity index (χ4v) is 4.08. The summed E-state index contributed by atoms with van der Waals surface area (Å²) >= 11 is 0. The van der Waals surface area contributed by atoms with Crippen molar-refractivity contribution in [1.82, 2.24) is 19.5 Å². The molecule has 7 N–H and O–H groups in total. The topological polar surface area (TPSA) is 233 Å². The maximum absolute atomic E-state index is 11.5. The van der Waals surface area contributed by atoms with Gasteiger partial charge in [0.2, 0.25) is 0 Å². The Bertz CT molecular complexity index is 945. The molecule has 1 fully saturated rings. The first-order valence-corrected chi connectivity index (χ1v) is 10.2. The molecule has 15 nitrogen and oxygen atoms in total. The van der Waals surface area contributed by atoms with Crippen molar-refractivity contribution in [2.45, 2.75) is 24.5 Å². The van der Waals surface area contributed by atoms with Gasteiger partial charge in [0.1, 0.15) is 30.2 Å². The minimum atomic E-state index is -5.29. The van der Waals surface area contributed by atoms with Crippen LogP contribution in [0, 0.1) is 0 Å². The van der Waals surface area contributed by atoms with E-state index in [1.54, 1.807) is 0 Å². The van der Waals surface area contributed by atoms with Gasteiger partial charge in [0, 0.05) is 0 Å². The molecule has 0 saturated carbocycles. The smallest absolute Gasteiger partial charge is 1.00 e. The van der Waals surface area contributed by atoms with E-state index in [4.69, 9.17) is 20.3 Å². The summed E-state index contributed by atoms with van der Waals surface area (Å²) in [6.07, 6.45) is -3.20. The average Bonchev–Trinajstić information content (AvgIpc) is 3.07. The predicted octanol–water partition coefficient (Wildman–Crippen LogP) is -4.63. The Morgan fingerprint density at radius 3 is 2.54 bits per heavy atom. The van der Waals surface area contributed by atoms with Crippen LogP contribution in [-0.4, -0.2) is 69.3 Å². The van der Waals surface area contributed by atoms with Crippen molar-refractivity contribution < 1.29 is 78.6 Å². The molecule has 2 aromatic rings. The fraction of sp³-hybridized carbons (Fsp3) is 0.500. The second-order valence-corrected chi connectivity index (χ2v) is 8.30. The van der Waals surface area contributed by atoms with Crippen LogP contribution in [0.5, 0.6) is 0 Å². The number of nitrogens with zero attached hydrogens (tertiary/aromatic N) is 4. The molecule has 0 radical (unpaired) electrons. The van der Waals surface area contributed by atoms with Crippen LogP contribution in [0.15, 0.2) is 12.7 Å². The van der Waals surface area contributed by atoms with Crippen LogP contribution in [0.1, 0.15) is 7.65 Å². The molecular weight excluding hydrogens is 435 g/mol. The first kappa shape index (κ1) is 23.8. The van der Waals surface area contributed by atoms with E-state index in [9.17, 15) is 24.2 Å². The van der Waals surface area contributed by atoms with Crippen LogP contribution in [-0.2, 0) is 22.7 Å². The van der Waals surface area contributed by atoms with Gasteiger partial charge in [0.15, 0.2) is 17.7 Å². The zero-order valence-electron chi connectivity index (χ0n) is 15.2. The van der Waals surface area contributed by atoms with Crippen molar-refractivity contribution in [3.05, 3.63) is 12.7 Å². The Kier molecular flexibility index (Phi) is 7.38. The van der Waals surface area contributed by atoms with Crippen molar-refractivity contribution in [3.63, 3.8) is 0 Å². The zero-order chi connectivity index (χ0) is 20.0. The number of hydrogen-bond donors (Lipinski definition) is 6. The SMILES string of the molecule is Nc1ncnc2c1ncn2[C@@H]1O[C@H](COP(=O)(O)OP(=O)(O)O)C(O)C1O.[H-].[Na+]. The first-order chi connectivity index (χ1) is 12.5. The first-order valence-electron chi connectivity index (χ1n) is 7.17. The van der Waals surface area contributed by atoms with Gasteiger partial charge in [-0.3, -0.25) is 9.09 Å². The minimum absolute atomic E-state index is 0. The van der Waals surface area contributed by atoms with Crippen molar-refractivity contribution in [3.8, 4) is 0 Å². The van der Waals surface area contributed by atoms with E-state index >= 15 is 0 Å². The molecule has 3 rings (SSSR count). The number of rotatable bonds is 6. The molecule has 0 amide bonds. The second-order valence-electron chi connectivity index (χ2n) is 5.47. The Balaban J connectivity index is 0.00000210. The summed E-state index contributed by atoms with van der Waals surface area (Å²) in [7, 11) is -10.4. The molecule has 1 aliphatic rings. The van der Waals surface area contributed by atoms with Gasteiger partial charge in [-0.1, -0.05) is 0 Å². The summed E-state index contributed by atoms with van der Waals surface area (Å²) in [6.45, 7) is -0.813. The third kappa shape index (κ3) is 5.15. The number of fused-ring (bicyclic) bond motifs is 1. The molecule has 0 bridgehead atoms. The molecule has 0 spiro atoms. The van der Waals surface area contributed by atoms with Gasteiger partial charge in [-0.2, -0.15) is 4.31 Å². The van der Waals surface area contributed by atoms with Gasteiger partial charge >= 0.3 is 45.2 Å². The summed E-state index contributed by atoms with van der Waals surface area (Å²) in [4.78, 5) is 38.1. The van der Waals surface area contributed by atoms with Crippen LogP contribution in [0.2, 0.25) is 0 Å². The molecule has 18 heteroatoms. The Morgan fingerprint density at radius 1 is 1.21 bits per heavy atom. The van der Waals surface area contributed by atoms with Gasteiger partial charge in [0.05, 0.1) is 12.9 Å². The molecule has 5 atom stereocenters. The van der Waals surface area contributed by atoms with Crippen molar-refractivity contribution in [2.24, 2.45) is 0 Å². The van der Waals surface area contributed by atoms with E-state index < -0.39 is 46.8 Å². The third-order valence-corrected chi connectivity index (χ3v) is 5.76. The number of imidazole rings is 1. The number of nitrogen functional groups attached to an aromatic ring is 1. The predicted molar refractivity (Wildman–Crippen MR) is 85.7 cm³/mol. The Labute approximate surface area is 180 Å². The van der Waals surface area contributed by atoms with E-state index in [2.05, 4.69) is 23.8 Å². The number of aliphatic hydroxyl groups is 2. The van der Waals surface area contributed by atoms with Crippen LogP contribution >= 0.6 is 15.6 Å². The Morgan fingerprint density at radius 2 is 1.89 bits per heavy atom. The normalized spacial score (nSPS) is 27.5. The molecule has 1 saturated heterocycles. The summed E-state index contributed by atoms with van der Waals surface area (Å²) in [6, 6.07) is 0. The number of hydrogen-bond acceptors (Lipinski definition) is 11. The molecule has 1 aliphatic heterocycles. The van der Waals surface area contributed by atoms with E-state index in [-0.39, 0.29) is 48.0 Å². The largest absolute Gasteiger partial charge is 1.00 e. The van der Waals surface area contributed by atoms with Crippen LogP contribution < -0.4 is 35.3 Å². The fourth-order valence-electron chi connectivity index (χ4n) is 2.48.